The molecule has 11 aliphatic rings. The summed E-state index contributed by atoms with van der Waals surface area (Å²) < 4.78 is 55.7. The van der Waals surface area contributed by atoms with Crippen LogP contribution in [0.25, 0.3) is 0 Å². The zero-order valence-corrected chi connectivity index (χ0v) is 64.2. The molecule has 4 aliphatic carbocycles. The highest BCUT2D eigenvalue weighted by molar-refractivity contribution is 6.22. The molecule has 0 saturated carbocycles. The highest BCUT2D eigenvalue weighted by Gasteiger charge is 2.53. The highest BCUT2D eigenvalue weighted by atomic mass is 35.5. The molecule has 0 radical (unpaired) electrons. The van der Waals surface area contributed by atoms with Crippen molar-refractivity contribution in [3.8, 4) is 17.2 Å². The van der Waals surface area contributed by atoms with Crippen LogP contribution >= 0.6 is 11.6 Å². The SMILES string of the molecule is CCOCCOCCNC(=O)O[C@H]1C=C2C(=C(O)C1)C1CC(=CC=C1O)[C@H]1NC(=O)[C@@H]3NC(=O)[C@H](CC(N)=O)NC(=O)[C@H](NC(=O)[C@@H](CC(C)C)NC)[C@H](O)C4=CC(C)=C(Oc5cc3cc(c5O[C@@H]3O[C@H](CO)[C@@H](O)[C@H](O)[C@H]3O[C@H]3C[C@](C)(N)[C@H](O)[C@H](C)O3)OC3=CC=C(C[C@@H]3Cl)[C@@H](O)[C@H](NC1=O)C(=O)N[C@@H]2C(=O)O)C(C)C4. The van der Waals surface area contributed by atoms with Crippen LogP contribution in [-0.4, -0.2) is 261 Å². The minimum absolute atomic E-state index is 0.0246. The van der Waals surface area contributed by atoms with Crippen LogP contribution in [0, 0.1) is 17.8 Å². The van der Waals surface area contributed by atoms with E-state index in [1.807, 2.05) is 13.8 Å². The molecule has 113 heavy (non-hydrogen) atoms. The molecule has 3 fully saturated rings. The molecule has 0 aromatic heterocycles. The Morgan fingerprint density at radius 1 is 0.796 bits per heavy atom. The predicted molar refractivity (Wildman–Crippen MR) is 395 cm³/mol. The van der Waals surface area contributed by atoms with Gasteiger partial charge >= 0.3 is 12.1 Å². The Bertz CT molecular complexity index is 4080. The smallest absolute Gasteiger partial charge is 0.407 e. The molecule has 37 nitrogen and oxygen atoms in total. The van der Waals surface area contributed by atoms with Gasteiger partial charge < -0.3 is 143 Å². The molecule has 1 aromatic carbocycles. The number of carbonyl (C=O) groups is 9. The van der Waals surface area contributed by atoms with E-state index < -0.39 is 253 Å². The van der Waals surface area contributed by atoms with Gasteiger partial charge in [0.05, 0.1) is 56.5 Å². The third-order valence-electron chi connectivity index (χ3n) is 20.9. The lowest BCUT2D eigenvalue weighted by molar-refractivity contribution is -0.333. The standard InChI is InChI=1S/C75H101ClN10O27/c1-9-105-16-17-106-15-14-80-74(104)108-38-25-40-52(45(89)26-38)39-21-34(10-12-44(39)88)53-68(98)86-56(71(101)84-55(40)72(102)103)58(91)35-11-13-46(41(76)22-35)109-47-23-36-24-48(63(47)113-73-64(61(94)60(93)49(29-87)111-73)112-51-28-75(7,78)65(95)33(6)107-51)110-62-31(4)19-37(20-32(62)5)59(92)57(85-66(96)42(79-8)18-30(2)3)70(100)81-43(27-50(77)90)67(97)82-54(36)69(99)83-53/h10-13,19,23-25,30,32-33,38-39,41-43,49,51,53-61,64-65,73,79,87-89,91-95H,9,14-18,20-22,26-29,78H2,1-8H3,(H2,77,90)(H,80,104)(H,81,100)(H,82,97)(H,83,99)(H,84,101)(H,85,96)(H,86,98)(H,102,103)/t32?,33-,38-,39?,41-,42+,43-,49+,51-,53+,54+,55-,56-,57+,58+,59+,60+,61-,64+,65+,73-,75-/m0/s1. The van der Waals surface area contributed by atoms with Crippen LogP contribution in [0.5, 0.6) is 17.2 Å². The molecule has 21 N–H and O–H groups in total. The maximum absolute atomic E-state index is 16.3. The van der Waals surface area contributed by atoms with Crippen molar-refractivity contribution < 1.29 is 132 Å². The Hall–Kier alpha value is -9.06. The summed E-state index contributed by atoms with van der Waals surface area (Å²) >= 11 is 7.31. The van der Waals surface area contributed by atoms with Crippen LogP contribution in [0.3, 0.4) is 0 Å². The van der Waals surface area contributed by atoms with E-state index in [0.29, 0.717) is 6.61 Å². The normalized spacial score (nSPS) is 33.3. The number of fused-ring (bicyclic) bond motifs is 15. The zero-order chi connectivity index (χ0) is 82.4. The van der Waals surface area contributed by atoms with E-state index in [0.717, 1.165) is 24.3 Å². The number of alkyl carbamates (subject to hydrolysis) is 1. The number of aliphatic hydroxyl groups is 8. The second kappa shape index (κ2) is 37.0. The van der Waals surface area contributed by atoms with Crippen LogP contribution < -0.4 is 68.2 Å². The number of nitrogens with two attached hydrogens (primary N) is 2. The number of hydrogen-bond donors (Lipinski definition) is 19. The van der Waals surface area contributed by atoms with E-state index in [1.165, 1.54) is 45.2 Å². The van der Waals surface area contributed by atoms with Crippen molar-refractivity contribution >= 4 is 65.0 Å². The van der Waals surface area contributed by atoms with Gasteiger partial charge in [0.2, 0.25) is 53.4 Å². The number of alkyl halides is 1. The molecule has 7 aliphatic heterocycles. The van der Waals surface area contributed by atoms with Crippen LogP contribution in [0.15, 0.2) is 105 Å². The maximum atomic E-state index is 16.3. The molecule has 7 heterocycles. The molecule has 8 amide bonds. The highest BCUT2D eigenvalue weighted by Crippen LogP contribution is 2.48. The van der Waals surface area contributed by atoms with Crippen molar-refractivity contribution in [3.63, 3.8) is 0 Å². The zero-order valence-electron chi connectivity index (χ0n) is 63.4. The maximum Gasteiger partial charge on any atom is 0.407 e. The summed E-state index contributed by atoms with van der Waals surface area (Å²) in [6.45, 7) is 11.7. The number of hydrogen-bond acceptors (Lipinski definition) is 28. The number of carbonyl (C=O) groups excluding carboxylic acids is 8. The summed E-state index contributed by atoms with van der Waals surface area (Å²) in [6.07, 6.45) is -15.0. The quantitative estimate of drug-likeness (QED) is 0.0494. The number of amides is 8. The van der Waals surface area contributed by atoms with Crippen molar-refractivity contribution in [2.45, 2.75) is 214 Å². The Balaban J connectivity index is 1.18. The summed E-state index contributed by atoms with van der Waals surface area (Å²) in [5.41, 5.74) is 9.94. The number of nitrogens with one attached hydrogen (secondary N) is 8. The summed E-state index contributed by atoms with van der Waals surface area (Å²) in [5, 5.41) is 125. The largest absolute Gasteiger partial charge is 0.512 e. The molecular weight excluding hydrogens is 1510 g/mol. The molecule has 38 heteroatoms. The number of rotatable bonds is 21. The molecule has 0 spiro atoms. The number of benzene rings is 1. The molecule has 620 valence electrons. The van der Waals surface area contributed by atoms with E-state index in [1.54, 1.807) is 20.8 Å². The van der Waals surface area contributed by atoms with Gasteiger partial charge in [-0.1, -0.05) is 39.0 Å². The average Bonchev–Trinajstić information content (AvgIpc) is 0.791. The molecule has 12 rings (SSSR count). The van der Waals surface area contributed by atoms with Gasteiger partial charge in [-0.25, -0.2) is 9.59 Å². The number of aliphatic carboxylic acids is 1. The number of carboxylic acid groups (broad SMARTS) is 1. The van der Waals surface area contributed by atoms with Crippen molar-refractivity contribution in [1.82, 2.24) is 42.5 Å². The Kier molecular flexibility index (Phi) is 28.3. The van der Waals surface area contributed by atoms with E-state index in [2.05, 4.69) is 42.5 Å². The summed E-state index contributed by atoms with van der Waals surface area (Å²) in [7, 11) is 1.51. The van der Waals surface area contributed by atoms with Gasteiger partial charge in [-0.2, -0.15) is 0 Å². The minimum atomic E-state index is -2.29. The lowest BCUT2D eigenvalue weighted by Crippen LogP contribution is -2.64. The van der Waals surface area contributed by atoms with Gasteiger partial charge in [-0.15, -0.1) is 11.6 Å². The van der Waals surface area contributed by atoms with Crippen molar-refractivity contribution in [3.05, 3.63) is 111 Å². The summed E-state index contributed by atoms with van der Waals surface area (Å²) in [6, 6.07) is -11.7. The van der Waals surface area contributed by atoms with Gasteiger partial charge in [0.15, 0.2) is 29.9 Å². The van der Waals surface area contributed by atoms with Gasteiger partial charge in [0.1, 0.15) is 89.9 Å². The first-order chi connectivity index (χ1) is 53.5. The topological polar surface area (TPSA) is 567 Å². The van der Waals surface area contributed by atoms with Crippen LogP contribution in [0.4, 0.5) is 4.79 Å². The summed E-state index contributed by atoms with van der Waals surface area (Å²) in [4.78, 5) is 133. The molecule has 11 bridgehead atoms. The second-order valence-electron chi connectivity index (χ2n) is 29.9. The third kappa shape index (κ3) is 20.0. The van der Waals surface area contributed by atoms with Gasteiger partial charge in [0.25, 0.3) is 0 Å². The molecule has 3 saturated heterocycles. The first-order valence-corrected chi connectivity index (χ1v) is 37.7. The van der Waals surface area contributed by atoms with E-state index in [9.17, 15) is 65.1 Å². The van der Waals surface area contributed by atoms with Crippen molar-refractivity contribution in [2.75, 3.05) is 46.6 Å². The van der Waals surface area contributed by atoms with Crippen LogP contribution in [0.2, 0.25) is 0 Å². The Morgan fingerprint density at radius 2 is 1.49 bits per heavy atom. The number of primary amides is 1. The third-order valence-corrected chi connectivity index (χ3v) is 21.2. The molecule has 1 aromatic rings. The Morgan fingerprint density at radius 3 is 2.14 bits per heavy atom. The number of likely N-dealkylation sites (N-methyl/N-ethyl adjacent to an activating group) is 1. The van der Waals surface area contributed by atoms with Crippen LogP contribution in [0.1, 0.15) is 105 Å². The first-order valence-electron chi connectivity index (χ1n) is 37.3. The predicted octanol–water partition coefficient (Wildman–Crippen LogP) is -1.46. The van der Waals surface area contributed by atoms with Crippen molar-refractivity contribution in [2.24, 2.45) is 29.2 Å². The monoisotopic (exact) mass is 1610 g/mol. The van der Waals surface area contributed by atoms with Gasteiger partial charge in [-0.05, 0) is 130 Å². The molecule has 22 atom stereocenters. The average molecular weight is 1610 g/mol. The van der Waals surface area contributed by atoms with E-state index >= 15 is 24.0 Å². The fraction of sp³-hybridized carbons (Fsp3) is 0.587. The fourth-order valence-corrected chi connectivity index (χ4v) is 15.3. The Labute approximate surface area is 654 Å². The molecular formula is C75H101ClN10O27. The van der Waals surface area contributed by atoms with E-state index in [-0.39, 0.29) is 96.5 Å². The molecule has 2 unspecified atom stereocenters. The number of aliphatic hydroxyl groups excluding tert-OH is 8. The van der Waals surface area contributed by atoms with E-state index in [4.69, 9.17) is 65.7 Å². The van der Waals surface area contributed by atoms with Gasteiger partial charge in [0, 0.05) is 48.9 Å². The van der Waals surface area contributed by atoms with Gasteiger partial charge in [-0.3, -0.25) is 33.6 Å². The first kappa shape index (κ1) is 86.3. The lowest BCUT2D eigenvalue weighted by Gasteiger charge is -2.47. The lowest BCUT2D eigenvalue weighted by atomic mass is 9.75. The summed E-state index contributed by atoms with van der Waals surface area (Å²) in [5.74, 6) is -15.9. The minimum Gasteiger partial charge on any atom is -0.512 e. The number of carboxylic acids is 1. The van der Waals surface area contributed by atoms with Crippen molar-refractivity contribution in [1.29, 1.82) is 0 Å². The number of allylic oxidation sites excluding steroid dienone is 9. The van der Waals surface area contributed by atoms with Crippen LogP contribution in [-0.2, 0) is 66.8 Å². The number of ether oxygens (including phenoxy) is 9. The fourth-order valence-electron chi connectivity index (χ4n) is 15.0. The number of halogens is 1. The second-order valence-corrected chi connectivity index (χ2v) is 30.5.